The van der Waals surface area contributed by atoms with Gasteiger partial charge >= 0.3 is 0 Å². The van der Waals surface area contributed by atoms with Crippen LogP contribution in [0, 0.1) is 11.3 Å². The Hall–Kier alpha value is -0.550. The van der Waals surface area contributed by atoms with Crippen molar-refractivity contribution in [3.63, 3.8) is 0 Å². The Labute approximate surface area is 87.9 Å². The van der Waals surface area contributed by atoms with Gasteiger partial charge in [-0.15, -0.1) is 0 Å². The Morgan fingerprint density at radius 2 is 1.50 bits per heavy atom. The van der Waals surface area contributed by atoms with Gasteiger partial charge in [0.2, 0.25) is 0 Å². The maximum Gasteiger partial charge on any atom is 0.140 e. The van der Waals surface area contributed by atoms with Crippen LogP contribution in [0.25, 0.3) is 0 Å². The van der Waals surface area contributed by atoms with Gasteiger partial charge in [-0.1, -0.05) is 51.9 Å². The van der Waals surface area contributed by atoms with Crippen molar-refractivity contribution in [3.8, 4) is 6.07 Å². The molecule has 82 valence electrons. The van der Waals surface area contributed by atoms with Crippen molar-refractivity contribution in [2.45, 2.75) is 70.8 Å². The van der Waals surface area contributed by atoms with Gasteiger partial charge in [0.05, 0.1) is 6.07 Å². The van der Waals surface area contributed by atoms with Gasteiger partial charge in [-0.25, -0.2) is 0 Å². The van der Waals surface area contributed by atoms with E-state index in [1.807, 2.05) is 6.07 Å². The van der Waals surface area contributed by atoms with E-state index >= 15 is 0 Å². The van der Waals surface area contributed by atoms with E-state index in [2.05, 4.69) is 6.92 Å². The van der Waals surface area contributed by atoms with E-state index in [0.717, 1.165) is 12.8 Å². The second kappa shape index (κ2) is 10.5. The van der Waals surface area contributed by atoms with Crippen LogP contribution in [0.1, 0.15) is 64.7 Å². The summed E-state index contributed by atoms with van der Waals surface area (Å²) < 4.78 is 0. The molecule has 0 aliphatic heterocycles. The molecule has 0 aliphatic rings. The molecule has 0 amide bonds. The molecule has 1 N–H and O–H groups in total. The summed E-state index contributed by atoms with van der Waals surface area (Å²) in [5, 5.41) is 17.3. The lowest BCUT2D eigenvalue weighted by molar-refractivity contribution is 0.215. The van der Waals surface area contributed by atoms with Gasteiger partial charge in [0.25, 0.3) is 0 Å². The summed E-state index contributed by atoms with van der Waals surface area (Å²) in [6, 6.07) is 1.84. The molecule has 0 rings (SSSR count). The van der Waals surface area contributed by atoms with Crippen LogP contribution in [-0.4, -0.2) is 11.2 Å². The highest BCUT2D eigenvalue weighted by molar-refractivity contribution is 4.81. The van der Waals surface area contributed by atoms with Crippen LogP contribution in [0.5, 0.6) is 0 Å². The van der Waals surface area contributed by atoms with Crippen LogP contribution < -0.4 is 0 Å². The summed E-state index contributed by atoms with van der Waals surface area (Å²) in [5.41, 5.74) is 0. The van der Waals surface area contributed by atoms with E-state index in [1.165, 1.54) is 38.5 Å². The predicted molar refractivity (Wildman–Crippen MR) is 58.8 cm³/mol. The van der Waals surface area contributed by atoms with Crippen LogP contribution in [-0.2, 0) is 0 Å². The van der Waals surface area contributed by atoms with Crippen LogP contribution >= 0.6 is 0 Å². The fourth-order valence-electron chi connectivity index (χ4n) is 1.54. The van der Waals surface area contributed by atoms with Crippen LogP contribution in [0.2, 0.25) is 0 Å². The SMILES string of the molecule is CCCCCCCCCC[C@H](O)C#N. The van der Waals surface area contributed by atoms with Gasteiger partial charge < -0.3 is 5.11 Å². The molecule has 0 heterocycles. The van der Waals surface area contributed by atoms with Gasteiger partial charge in [0.15, 0.2) is 0 Å². The standard InChI is InChI=1S/C12H23NO/c1-2-3-4-5-6-7-8-9-10-12(14)11-13/h12,14H,2-10H2,1H3/t12-/m0/s1. The minimum atomic E-state index is -0.741. The lowest BCUT2D eigenvalue weighted by Crippen LogP contribution is -2.01. The number of nitriles is 1. The number of nitrogens with zero attached hydrogens (tertiary/aromatic N) is 1. The molecule has 0 saturated carbocycles. The van der Waals surface area contributed by atoms with Crippen LogP contribution in [0.3, 0.4) is 0 Å². The first-order valence-corrected chi connectivity index (χ1v) is 5.89. The third kappa shape index (κ3) is 9.54. The van der Waals surface area contributed by atoms with E-state index < -0.39 is 6.10 Å². The van der Waals surface area contributed by atoms with Gasteiger partial charge in [-0.2, -0.15) is 5.26 Å². The summed E-state index contributed by atoms with van der Waals surface area (Å²) in [7, 11) is 0. The molecule has 1 atom stereocenters. The fraction of sp³-hybridized carbons (Fsp3) is 0.917. The smallest absolute Gasteiger partial charge is 0.140 e. The Balaban J connectivity index is 2.96. The number of rotatable bonds is 9. The second-order valence-corrected chi connectivity index (χ2v) is 3.91. The zero-order valence-electron chi connectivity index (χ0n) is 9.34. The van der Waals surface area contributed by atoms with E-state index in [9.17, 15) is 0 Å². The van der Waals surface area contributed by atoms with Crippen molar-refractivity contribution in [3.05, 3.63) is 0 Å². The van der Waals surface area contributed by atoms with Crippen LogP contribution in [0.4, 0.5) is 0 Å². The Bertz CT molecular complexity index is 151. The summed E-state index contributed by atoms with van der Waals surface area (Å²) in [5.74, 6) is 0. The molecule has 0 bridgehead atoms. The number of hydrogen-bond donors (Lipinski definition) is 1. The Kier molecular flexibility index (Phi) is 10.1. The highest BCUT2D eigenvalue weighted by Crippen LogP contribution is 2.10. The van der Waals surface area contributed by atoms with Crippen molar-refractivity contribution in [2.24, 2.45) is 0 Å². The first-order valence-electron chi connectivity index (χ1n) is 5.89. The second-order valence-electron chi connectivity index (χ2n) is 3.91. The zero-order valence-corrected chi connectivity index (χ0v) is 9.34. The lowest BCUT2D eigenvalue weighted by atomic mass is 10.1. The summed E-state index contributed by atoms with van der Waals surface area (Å²) >= 11 is 0. The molecular weight excluding hydrogens is 174 g/mol. The van der Waals surface area contributed by atoms with Crippen molar-refractivity contribution < 1.29 is 5.11 Å². The first-order chi connectivity index (χ1) is 6.81. The largest absolute Gasteiger partial charge is 0.378 e. The summed E-state index contributed by atoms with van der Waals surface area (Å²) in [4.78, 5) is 0. The van der Waals surface area contributed by atoms with E-state index in [4.69, 9.17) is 10.4 Å². The maximum atomic E-state index is 8.97. The van der Waals surface area contributed by atoms with E-state index in [0.29, 0.717) is 6.42 Å². The monoisotopic (exact) mass is 197 g/mol. The molecule has 2 heteroatoms. The number of aliphatic hydroxyl groups excluding tert-OH is 1. The molecule has 0 radical (unpaired) electrons. The van der Waals surface area contributed by atoms with E-state index in [-0.39, 0.29) is 0 Å². The van der Waals surface area contributed by atoms with Gasteiger partial charge in [-0.05, 0) is 12.8 Å². The molecule has 0 spiro atoms. The van der Waals surface area contributed by atoms with Crippen molar-refractivity contribution in [2.75, 3.05) is 0 Å². The van der Waals surface area contributed by atoms with Crippen molar-refractivity contribution in [1.82, 2.24) is 0 Å². The zero-order chi connectivity index (χ0) is 10.6. The van der Waals surface area contributed by atoms with E-state index in [1.54, 1.807) is 0 Å². The molecule has 0 unspecified atom stereocenters. The Morgan fingerprint density at radius 1 is 1.00 bits per heavy atom. The van der Waals surface area contributed by atoms with Gasteiger partial charge in [0, 0.05) is 0 Å². The van der Waals surface area contributed by atoms with Crippen molar-refractivity contribution in [1.29, 1.82) is 5.26 Å². The fourth-order valence-corrected chi connectivity index (χ4v) is 1.54. The normalized spacial score (nSPS) is 12.4. The number of aliphatic hydroxyl groups is 1. The average Bonchev–Trinajstić information content (AvgIpc) is 2.21. The molecule has 0 aliphatic carbocycles. The molecular formula is C12H23NO. The molecule has 0 aromatic carbocycles. The van der Waals surface area contributed by atoms with Gasteiger partial charge in [-0.3, -0.25) is 0 Å². The predicted octanol–water partition coefficient (Wildman–Crippen LogP) is 3.40. The summed E-state index contributed by atoms with van der Waals surface area (Å²) in [6.45, 7) is 2.23. The molecule has 0 aromatic rings. The molecule has 14 heavy (non-hydrogen) atoms. The highest BCUT2D eigenvalue weighted by atomic mass is 16.3. The first kappa shape index (κ1) is 13.4. The topological polar surface area (TPSA) is 44.0 Å². The number of hydrogen-bond acceptors (Lipinski definition) is 2. The minimum absolute atomic E-state index is 0.644. The molecule has 0 saturated heterocycles. The van der Waals surface area contributed by atoms with Crippen LogP contribution in [0.15, 0.2) is 0 Å². The third-order valence-electron chi connectivity index (χ3n) is 2.48. The van der Waals surface area contributed by atoms with Crippen molar-refractivity contribution >= 4 is 0 Å². The molecule has 0 fully saturated rings. The average molecular weight is 197 g/mol. The molecule has 0 aromatic heterocycles. The molecule has 2 nitrogen and oxygen atoms in total. The third-order valence-corrected chi connectivity index (χ3v) is 2.48. The Morgan fingerprint density at radius 3 is 2.00 bits per heavy atom. The number of unbranched alkanes of at least 4 members (excludes halogenated alkanes) is 7. The minimum Gasteiger partial charge on any atom is -0.378 e. The lowest BCUT2D eigenvalue weighted by Gasteiger charge is -2.02. The quantitative estimate of drug-likeness (QED) is 0.455. The highest BCUT2D eigenvalue weighted by Gasteiger charge is 1.99. The summed E-state index contributed by atoms with van der Waals surface area (Å²) in [6.07, 6.45) is 9.96. The maximum absolute atomic E-state index is 8.97. The van der Waals surface area contributed by atoms with Gasteiger partial charge in [0.1, 0.15) is 6.10 Å².